The number of carbonyl (C=O) groups is 3. The van der Waals surface area contributed by atoms with E-state index in [9.17, 15) is 14.4 Å². The molecule has 8 nitrogen and oxygen atoms in total. The first-order chi connectivity index (χ1) is 13.4. The lowest BCUT2D eigenvalue weighted by Crippen LogP contribution is -2.48. The Kier molecular flexibility index (Phi) is 7.83. The Bertz CT molecular complexity index is 779. The van der Waals surface area contributed by atoms with Gasteiger partial charge in [-0.05, 0) is 25.0 Å². The van der Waals surface area contributed by atoms with E-state index >= 15 is 0 Å². The van der Waals surface area contributed by atoms with E-state index in [1.54, 1.807) is 31.2 Å². The van der Waals surface area contributed by atoms with Crippen LogP contribution >= 0.6 is 11.6 Å². The number of nitrogens with one attached hydrogen (secondary N) is 1. The number of hydrogen-bond acceptors (Lipinski definition) is 5. The van der Waals surface area contributed by atoms with Crippen LogP contribution in [0.4, 0.5) is 4.79 Å². The monoisotopic (exact) mass is 410 g/mol. The summed E-state index contributed by atoms with van der Waals surface area (Å²) in [5, 5.41) is 12.0. The first-order valence-electron chi connectivity index (χ1n) is 8.78. The zero-order chi connectivity index (χ0) is 20.7. The molecule has 1 heterocycles. The summed E-state index contributed by atoms with van der Waals surface area (Å²) in [6, 6.07) is 5.71. The van der Waals surface area contributed by atoms with Crippen LogP contribution in [0, 0.1) is 0 Å². The van der Waals surface area contributed by atoms with E-state index in [1.165, 1.54) is 12.0 Å². The summed E-state index contributed by atoms with van der Waals surface area (Å²) in [5.41, 5.74) is 1.22. The molecule has 2 rings (SSSR count). The highest BCUT2D eigenvalue weighted by atomic mass is 35.5. The number of nitrogens with zero attached hydrogens (tertiary/aromatic N) is 1. The van der Waals surface area contributed by atoms with Gasteiger partial charge in [0, 0.05) is 30.8 Å². The van der Waals surface area contributed by atoms with Gasteiger partial charge in [0.2, 0.25) is 0 Å². The predicted molar refractivity (Wildman–Crippen MR) is 102 cm³/mol. The van der Waals surface area contributed by atoms with Crippen LogP contribution in [-0.2, 0) is 19.1 Å². The molecule has 0 saturated heterocycles. The Labute approximate surface area is 168 Å². The number of esters is 1. The number of hydrogen-bond donors (Lipinski definition) is 2. The predicted octanol–water partition coefficient (Wildman–Crippen LogP) is 2.73. The average molecular weight is 411 g/mol. The molecule has 0 bridgehead atoms. The number of carbonyl (C=O) groups excluding carboxylic acids is 2. The normalized spacial score (nSPS) is 16.8. The van der Waals surface area contributed by atoms with Crippen LogP contribution < -0.4 is 5.32 Å². The van der Waals surface area contributed by atoms with E-state index in [4.69, 9.17) is 26.2 Å². The molecule has 1 aliphatic rings. The van der Waals surface area contributed by atoms with Gasteiger partial charge in [0.1, 0.15) is 6.61 Å². The van der Waals surface area contributed by atoms with E-state index < -0.39 is 24.0 Å². The maximum Gasteiger partial charge on any atom is 0.338 e. The van der Waals surface area contributed by atoms with Crippen molar-refractivity contribution in [3.63, 3.8) is 0 Å². The van der Waals surface area contributed by atoms with Crippen LogP contribution in [-0.4, -0.2) is 54.8 Å². The van der Waals surface area contributed by atoms with Crippen molar-refractivity contribution in [3.05, 3.63) is 46.1 Å². The third-order valence-corrected chi connectivity index (χ3v) is 4.67. The summed E-state index contributed by atoms with van der Waals surface area (Å²) in [5.74, 6) is -1.55. The first kappa shape index (κ1) is 21.7. The van der Waals surface area contributed by atoms with Crippen molar-refractivity contribution in [2.45, 2.75) is 25.8 Å². The van der Waals surface area contributed by atoms with Crippen LogP contribution in [0.25, 0.3) is 0 Å². The molecule has 1 aromatic rings. The van der Waals surface area contributed by atoms with E-state index in [1.807, 2.05) is 0 Å². The van der Waals surface area contributed by atoms with Gasteiger partial charge in [-0.25, -0.2) is 9.59 Å². The average Bonchev–Trinajstić information content (AvgIpc) is 2.64. The summed E-state index contributed by atoms with van der Waals surface area (Å²) in [6.45, 7) is 2.10. The lowest BCUT2D eigenvalue weighted by molar-refractivity contribution is -0.141. The molecule has 9 heteroatoms. The van der Waals surface area contributed by atoms with E-state index in [2.05, 4.69) is 5.32 Å². The van der Waals surface area contributed by atoms with E-state index in [0.29, 0.717) is 16.3 Å². The number of rotatable bonds is 9. The number of halogens is 1. The molecule has 1 aromatic carbocycles. The van der Waals surface area contributed by atoms with Crippen LogP contribution in [0.3, 0.4) is 0 Å². The molecule has 0 unspecified atom stereocenters. The Morgan fingerprint density at radius 1 is 1.29 bits per heavy atom. The molecule has 2 N–H and O–H groups in total. The maximum atomic E-state index is 12.8. The number of urea groups is 1. The summed E-state index contributed by atoms with van der Waals surface area (Å²) in [4.78, 5) is 37.5. The first-order valence-corrected chi connectivity index (χ1v) is 9.15. The summed E-state index contributed by atoms with van der Waals surface area (Å²) in [7, 11) is 1.50. The van der Waals surface area contributed by atoms with E-state index in [-0.39, 0.29) is 38.2 Å². The molecule has 1 aliphatic heterocycles. The van der Waals surface area contributed by atoms with Crippen molar-refractivity contribution in [2.75, 3.05) is 26.9 Å². The fourth-order valence-corrected chi connectivity index (χ4v) is 3.19. The number of carboxylic acid groups (broad SMARTS) is 1. The fourth-order valence-electron chi connectivity index (χ4n) is 2.94. The Balaban J connectivity index is 2.38. The second kappa shape index (κ2) is 10.1. The van der Waals surface area contributed by atoms with Crippen molar-refractivity contribution in [1.29, 1.82) is 0 Å². The Hall–Kier alpha value is -2.58. The number of benzene rings is 1. The van der Waals surface area contributed by atoms with Gasteiger partial charge in [0.25, 0.3) is 0 Å². The van der Waals surface area contributed by atoms with Gasteiger partial charge in [-0.15, -0.1) is 0 Å². The van der Waals surface area contributed by atoms with Gasteiger partial charge in [-0.2, -0.15) is 0 Å². The largest absolute Gasteiger partial charge is 0.481 e. The zero-order valence-electron chi connectivity index (χ0n) is 15.7. The molecular weight excluding hydrogens is 388 g/mol. The smallest absolute Gasteiger partial charge is 0.338 e. The summed E-state index contributed by atoms with van der Waals surface area (Å²) in [6.07, 6.45) is 0.168. The Morgan fingerprint density at radius 3 is 2.64 bits per heavy atom. The highest BCUT2D eigenvalue weighted by molar-refractivity contribution is 6.31. The highest BCUT2D eigenvalue weighted by Crippen LogP contribution is 2.34. The molecule has 1 atom stereocenters. The molecule has 0 saturated carbocycles. The lowest BCUT2D eigenvalue weighted by atomic mass is 9.94. The highest BCUT2D eigenvalue weighted by Gasteiger charge is 2.37. The second-order valence-corrected chi connectivity index (χ2v) is 6.59. The molecule has 0 fully saturated rings. The SMILES string of the molecule is COCCOC(=O)C1=C(C)N(CCCC(=O)O)C(=O)N[C@H]1c1ccccc1Cl. The third-order valence-electron chi connectivity index (χ3n) is 4.33. The quantitative estimate of drug-likeness (QED) is 0.479. The van der Waals surface area contributed by atoms with Crippen LogP contribution in [0.5, 0.6) is 0 Å². The Morgan fingerprint density at radius 2 is 2.00 bits per heavy atom. The molecule has 152 valence electrons. The van der Waals surface area contributed by atoms with Crippen molar-refractivity contribution < 1.29 is 29.0 Å². The van der Waals surface area contributed by atoms with Crippen LogP contribution in [0.2, 0.25) is 5.02 Å². The maximum absolute atomic E-state index is 12.8. The van der Waals surface area contributed by atoms with Gasteiger partial charge in [0.15, 0.2) is 0 Å². The van der Waals surface area contributed by atoms with Gasteiger partial charge in [-0.3, -0.25) is 9.69 Å². The van der Waals surface area contributed by atoms with Gasteiger partial charge in [-0.1, -0.05) is 29.8 Å². The number of allylic oxidation sites excluding steroid dienone is 1. The zero-order valence-corrected chi connectivity index (χ0v) is 16.5. The number of ether oxygens (including phenoxy) is 2. The topological polar surface area (TPSA) is 105 Å². The fraction of sp³-hybridized carbons (Fsp3) is 0.421. The number of carboxylic acids is 1. The molecule has 28 heavy (non-hydrogen) atoms. The number of amides is 2. The molecule has 0 spiro atoms. The second-order valence-electron chi connectivity index (χ2n) is 6.18. The lowest BCUT2D eigenvalue weighted by Gasteiger charge is -2.35. The molecule has 0 radical (unpaired) electrons. The summed E-state index contributed by atoms with van der Waals surface area (Å²) < 4.78 is 10.2. The van der Waals surface area contributed by atoms with Crippen molar-refractivity contribution in [2.24, 2.45) is 0 Å². The number of aliphatic carboxylic acids is 1. The molecule has 2 amide bonds. The summed E-state index contributed by atoms with van der Waals surface area (Å²) >= 11 is 6.28. The third kappa shape index (κ3) is 5.24. The molecule has 0 aromatic heterocycles. The van der Waals surface area contributed by atoms with Crippen LogP contribution in [0.15, 0.2) is 35.5 Å². The van der Waals surface area contributed by atoms with Crippen molar-refractivity contribution in [3.8, 4) is 0 Å². The van der Waals surface area contributed by atoms with Gasteiger partial charge in [0.05, 0.1) is 18.2 Å². The van der Waals surface area contributed by atoms with Gasteiger partial charge >= 0.3 is 18.0 Å². The van der Waals surface area contributed by atoms with Crippen LogP contribution in [0.1, 0.15) is 31.4 Å². The van der Waals surface area contributed by atoms with E-state index in [0.717, 1.165) is 0 Å². The minimum atomic E-state index is -0.952. The molecular formula is C19H23ClN2O6. The minimum Gasteiger partial charge on any atom is -0.481 e. The van der Waals surface area contributed by atoms with Crippen molar-refractivity contribution >= 4 is 29.6 Å². The standard InChI is InChI=1S/C19H23ClN2O6/c1-12-16(18(25)28-11-10-27-2)17(13-6-3-4-7-14(13)20)21-19(26)22(12)9-5-8-15(23)24/h3-4,6-7,17H,5,8-11H2,1-2H3,(H,21,26)(H,23,24)/t17-/m0/s1. The van der Waals surface area contributed by atoms with Crippen molar-refractivity contribution in [1.82, 2.24) is 10.2 Å². The minimum absolute atomic E-state index is 0.0638. The molecule has 0 aliphatic carbocycles. The number of methoxy groups -OCH3 is 1. The van der Waals surface area contributed by atoms with Gasteiger partial charge < -0.3 is 19.9 Å².